The maximum atomic E-state index is 11.5. The highest BCUT2D eigenvalue weighted by Crippen LogP contribution is 2.10. The van der Waals surface area contributed by atoms with E-state index in [4.69, 9.17) is 0 Å². The van der Waals surface area contributed by atoms with Crippen molar-refractivity contribution < 1.29 is 4.79 Å². The van der Waals surface area contributed by atoms with Crippen LogP contribution in [0.1, 0.15) is 20.3 Å². The minimum absolute atomic E-state index is 0.0351. The average molecular weight is 332 g/mol. The number of hydrogen-bond acceptors (Lipinski definition) is 2. The van der Waals surface area contributed by atoms with Gasteiger partial charge in [-0.15, -0.1) is 0 Å². The molecular formula is C12H17IN2O. The van der Waals surface area contributed by atoms with Crippen molar-refractivity contribution in [3.05, 3.63) is 27.8 Å². The van der Waals surface area contributed by atoms with Gasteiger partial charge >= 0.3 is 0 Å². The van der Waals surface area contributed by atoms with Crippen LogP contribution in [-0.2, 0) is 4.79 Å². The Morgan fingerprint density at radius 3 is 2.56 bits per heavy atom. The van der Waals surface area contributed by atoms with Gasteiger partial charge in [0, 0.05) is 15.3 Å². The summed E-state index contributed by atoms with van der Waals surface area (Å²) in [6.45, 7) is 4.38. The van der Waals surface area contributed by atoms with E-state index in [0.29, 0.717) is 6.54 Å². The lowest BCUT2D eigenvalue weighted by molar-refractivity contribution is -0.120. The first-order valence-corrected chi connectivity index (χ1v) is 6.48. The van der Waals surface area contributed by atoms with E-state index < -0.39 is 0 Å². The molecule has 0 heterocycles. The summed E-state index contributed by atoms with van der Waals surface area (Å²) in [7, 11) is 0. The lowest BCUT2D eigenvalue weighted by Gasteiger charge is -2.12. The summed E-state index contributed by atoms with van der Waals surface area (Å²) >= 11 is 2.25. The molecule has 0 aliphatic carbocycles. The van der Waals surface area contributed by atoms with E-state index in [0.717, 1.165) is 12.1 Å². The Balaban J connectivity index is 2.34. The summed E-state index contributed by atoms with van der Waals surface area (Å²) in [6.07, 6.45) is 0.954. The van der Waals surface area contributed by atoms with Crippen LogP contribution in [0.3, 0.4) is 0 Å². The molecule has 3 nitrogen and oxygen atoms in total. The molecule has 0 fully saturated rings. The van der Waals surface area contributed by atoms with Crippen LogP contribution in [0.4, 0.5) is 5.69 Å². The molecule has 1 aromatic carbocycles. The zero-order valence-electron chi connectivity index (χ0n) is 9.59. The van der Waals surface area contributed by atoms with Crippen molar-refractivity contribution in [3.63, 3.8) is 0 Å². The van der Waals surface area contributed by atoms with Gasteiger partial charge in [0.1, 0.15) is 0 Å². The van der Waals surface area contributed by atoms with E-state index in [1.165, 1.54) is 3.57 Å². The normalized spacial score (nSPS) is 11.9. The Hall–Kier alpha value is -0.780. The highest BCUT2D eigenvalue weighted by atomic mass is 127. The lowest BCUT2D eigenvalue weighted by atomic mass is 10.2. The molecule has 1 amide bonds. The minimum Gasteiger partial charge on any atom is -0.376 e. The molecule has 88 valence electrons. The van der Waals surface area contributed by atoms with Crippen LogP contribution in [-0.4, -0.2) is 18.5 Å². The number of benzene rings is 1. The Morgan fingerprint density at radius 1 is 1.38 bits per heavy atom. The molecule has 16 heavy (non-hydrogen) atoms. The molecule has 1 unspecified atom stereocenters. The summed E-state index contributed by atoms with van der Waals surface area (Å²) in [5, 5.41) is 5.99. The third kappa shape index (κ3) is 4.83. The average Bonchev–Trinajstić information content (AvgIpc) is 2.28. The number of carbonyl (C=O) groups excluding carboxylic acids is 1. The molecule has 0 aliphatic rings. The van der Waals surface area contributed by atoms with E-state index in [2.05, 4.69) is 40.1 Å². The van der Waals surface area contributed by atoms with Crippen molar-refractivity contribution in [2.24, 2.45) is 0 Å². The van der Waals surface area contributed by atoms with Crippen molar-refractivity contribution >= 4 is 34.2 Å². The van der Waals surface area contributed by atoms with Crippen LogP contribution in [0.25, 0.3) is 0 Å². The highest BCUT2D eigenvalue weighted by molar-refractivity contribution is 14.1. The highest BCUT2D eigenvalue weighted by Gasteiger charge is 2.04. The van der Waals surface area contributed by atoms with Crippen molar-refractivity contribution in [2.45, 2.75) is 26.3 Å². The predicted octanol–water partition coefficient (Wildman–Crippen LogP) is 2.62. The quantitative estimate of drug-likeness (QED) is 0.814. The number of hydrogen-bond donors (Lipinski definition) is 2. The van der Waals surface area contributed by atoms with Crippen molar-refractivity contribution in [1.82, 2.24) is 5.32 Å². The van der Waals surface area contributed by atoms with Crippen LogP contribution in [0.15, 0.2) is 24.3 Å². The summed E-state index contributed by atoms with van der Waals surface area (Å²) < 4.78 is 1.19. The fraction of sp³-hybridized carbons (Fsp3) is 0.417. The molecule has 0 saturated heterocycles. The first-order chi connectivity index (χ1) is 7.61. The predicted molar refractivity (Wildman–Crippen MR) is 75.5 cm³/mol. The Bertz CT molecular complexity index is 337. The molecule has 4 heteroatoms. The number of carbonyl (C=O) groups is 1. The van der Waals surface area contributed by atoms with Gasteiger partial charge in [0.2, 0.25) is 5.91 Å². The first kappa shape index (κ1) is 13.3. The number of nitrogens with one attached hydrogen (secondary N) is 2. The summed E-state index contributed by atoms with van der Waals surface area (Å²) in [5.74, 6) is 0.0351. The van der Waals surface area contributed by atoms with E-state index >= 15 is 0 Å². The molecule has 0 spiro atoms. The minimum atomic E-state index is 0.0351. The molecule has 0 radical (unpaired) electrons. The fourth-order valence-corrected chi connectivity index (χ4v) is 1.54. The van der Waals surface area contributed by atoms with E-state index in [1.54, 1.807) is 0 Å². The van der Waals surface area contributed by atoms with Crippen molar-refractivity contribution in [2.75, 3.05) is 11.9 Å². The van der Waals surface area contributed by atoms with E-state index in [1.807, 2.05) is 31.2 Å². The first-order valence-electron chi connectivity index (χ1n) is 5.40. The zero-order chi connectivity index (χ0) is 12.0. The van der Waals surface area contributed by atoms with Crippen LogP contribution in [0.2, 0.25) is 0 Å². The maximum absolute atomic E-state index is 11.5. The van der Waals surface area contributed by atoms with Crippen LogP contribution in [0.5, 0.6) is 0 Å². The summed E-state index contributed by atoms with van der Waals surface area (Å²) in [5.41, 5.74) is 0.972. The van der Waals surface area contributed by atoms with Gasteiger partial charge in [-0.25, -0.2) is 0 Å². The summed E-state index contributed by atoms with van der Waals surface area (Å²) in [4.78, 5) is 11.5. The maximum Gasteiger partial charge on any atom is 0.239 e. The number of amides is 1. The SMILES string of the molecule is CCC(C)NC(=O)CNc1ccc(I)cc1. The number of halogens is 1. The molecule has 0 aromatic heterocycles. The van der Waals surface area contributed by atoms with E-state index in [9.17, 15) is 4.79 Å². The topological polar surface area (TPSA) is 41.1 Å². The molecule has 2 N–H and O–H groups in total. The Kier molecular flexibility index (Phi) is 5.59. The van der Waals surface area contributed by atoms with Gasteiger partial charge in [-0.05, 0) is 60.2 Å². The van der Waals surface area contributed by atoms with Gasteiger partial charge in [-0.3, -0.25) is 4.79 Å². The van der Waals surface area contributed by atoms with Gasteiger partial charge in [-0.1, -0.05) is 6.92 Å². The van der Waals surface area contributed by atoms with Crippen LogP contribution in [0, 0.1) is 3.57 Å². The lowest BCUT2D eigenvalue weighted by Crippen LogP contribution is -2.36. The third-order valence-electron chi connectivity index (χ3n) is 2.32. The standard InChI is InChI=1S/C12H17IN2O/c1-3-9(2)15-12(16)8-14-11-6-4-10(13)5-7-11/h4-7,9,14H,3,8H2,1-2H3,(H,15,16). The van der Waals surface area contributed by atoms with Gasteiger partial charge in [0.15, 0.2) is 0 Å². The van der Waals surface area contributed by atoms with Gasteiger partial charge in [-0.2, -0.15) is 0 Å². The smallest absolute Gasteiger partial charge is 0.239 e. The molecular weight excluding hydrogens is 315 g/mol. The second kappa shape index (κ2) is 6.73. The van der Waals surface area contributed by atoms with Gasteiger partial charge < -0.3 is 10.6 Å². The monoisotopic (exact) mass is 332 g/mol. The van der Waals surface area contributed by atoms with Crippen molar-refractivity contribution in [1.29, 1.82) is 0 Å². The number of anilines is 1. The van der Waals surface area contributed by atoms with Crippen molar-refractivity contribution in [3.8, 4) is 0 Å². The molecule has 1 rings (SSSR count). The van der Waals surface area contributed by atoms with Gasteiger partial charge in [0.25, 0.3) is 0 Å². The molecule has 0 aliphatic heterocycles. The van der Waals surface area contributed by atoms with Crippen LogP contribution < -0.4 is 10.6 Å². The fourth-order valence-electron chi connectivity index (χ4n) is 1.18. The summed E-state index contributed by atoms with van der Waals surface area (Å²) in [6, 6.07) is 8.20. The molecule has 1 aromatic rings. The Labute approximate surface area is 110 Å². The number of rotatable bonds is 5. The largest absolute Gasteiger partial charge is 0.376 e. The van der Waals surface area contributed by atoms with E-state index in [-0.39, 0.29) is 11.9 Å². The molecule has 0 bridgehead atoms. The second-order valence-corrected chi connectivity index (χ2v) is 4.98. The molecule has 0 saturated carbocycles. The zero-order valence-corrected chi connectivity index (χ0v) is 11.7. The third-order valence-corrected chi connectivity index (χ3v) is 3.04. The van der Waals surface area contributed by atoms with Crippen LogP contribution >= 0.6 is 22.6 Å². The Morgan fingerprint density at radius 2 is 2.00 bits per heavy atom. The second-order valence-electron chi connectivity index (χ2n) is 3.74. The molecule has 1 atom stereocenters. The van der Waals surface area contributed by atoms with Gasteiger partial charge in [0.05, 0.1) is 6.54 Å².